The molecule has 0 aromatic heterocycles. The first-order valence-corrected chi connectivity index (χ1v) is 5.40. The molecule has 0 spiro atoms. The van der Waals surface area contributed by atoms with Gasteiger partial charge in [-0.2, -0.15) is 0 Å². The fourth-order valence-corrected chi connectivity index (χ4v) is 1.89. The van der Waals surface area contributed by atoms with Crippen molar-refractivity contribution in [1.29, 1.82) is 0 Å². The van der Waals surface area contributed by atoms with Crippen LogP contribution >= 0.6 is 0 Å². The van der Waals surface area contributed by atoms with Crippen LogP contribution in [0.2, 0.25) is 0 Å². The summed E-state index contributed by atoms with van der Waals surface area (Å²) in [4.78, 5) is 10.7. The average molecular weight is 216 g/mol. The van der Waals surface area contributed by atoms with Gasteiger partial charge in [0.25, 0.3) is 0 Å². The Bertz CT molecular complexity index is 229. The first kappa shape index (κ1) is 12.5. The number of ether oxygens (including phenoxy) is 2. The molecule has 15 heavy (non-hydrogen) atoms. The van der Waals surface area contributed by atoms with Crippen LogP contribution < -0.4 is 0 Å². The van der Waals surface area contributed by atoms with Crippen LogP contribution in [0.1, 0.15) is 27.7 Å². The third-order valence-corrected chi connectivity index (χ3v) is 3.46. The third-order valence-electron chi connectivity index (χ3n) is 3.46. The van der Waals surface area contributed by atoms with Crippen molar-refractivity contribution in [2.24, 2.45) is 17.8 Å². The molecule has 1 fully saturated rings. The lowest BCUT2D eigenvalue weighted by Crippen LogP contribution is -2.46. The van der Waals surface area contributed by atoms with Gasteiger partial charge in [0.15, 0.2) is 6.29 Å². The van der Waals surface area contributed by atoms with E-state index in [0.717, 1.165) is 0 Å². The maximum absolute atomic E-state index is 10.7. The molecule has 0 aromatic rings. The van der Waals surface area contributed by atoms with Crippen molar-refractivity contribution in [1.82, 2.24) is 0 Å². The van der Waals surface area contributed by atoms with Crippen molar-refractivity contribution in [2.75, 3.05) is 6.61 Å². The standard InChI is InChI=1S/C11H20O4/c1-6-7(2)10(5-14-9(4)12)15-11(13)8(6)3/h6-8,10-11,13H,5H2,1-4H3/t6-,7+,8?,10?,11?/m0/s1. The molecule has 4 heteroatoms. The number of esters is 1. The molecule has 1 aliphatic heterocycles. The van der Waals surface area contributed by atoms with E-state index in [1.807, 2.05) is 6.92 Å². The van der Waals surface area contributed by atoms with Gasteiger partial charge in [-0.3, -0.25) is 4.79 Å². The number of hydrogen-bond donors (Lipinski definition) is 1. The minimum atomic E-state index is -0.753. The fraction of sp³-hybridized carbons (Fsp3) is 0.909. The lowest BCUT2D eigenvalue weighted by molar-refractivity contribution is -0.234. The molecule has 1 saturated heterocycles. The molecule has 1 heterocycles. The Morgan fingerprint density at radius 1 is 1.27 bits per heavy atom. The molecular formula is C11H20O4. The van der Waals surface area contributed by atoms with Crippen molar-refractivity contribution in [3.8, 4) is 0 Å². The summed E-state index contributed by atoms with van der Waals surface area (Å²) < 4.78 is 10.3. The van der Waals surface area contributed by atoms with Crippen molar-refractivity contribution in [2.45, 2.75) is 40.1 Å². The lowest BCUT2D eigenvalue weighted by Gasteiger charge is -2.41. The summed E-state index contributed by atoms with van der Waals surface area (Å²) in [7, 11) is 0. The summed E-state index contributed by atoms with van der Waals surface area (Å²) >= 11 is 0. The monoisotopic (exact) mass is 216 g/mol. The molecule has 0 aromatic carbocycles. The van der Waals surface area contributed by atoms with Crippen LogP contribution in [0.15, 0.2) is 0 Å². The highest BCUT2D eigenvalue weighted by Gasteiger charge is 2.38. The van der Waals surface area contributed by atoms with Gasteiger partial charge in [0, 0.05) is 12.8 Å². The number of aliphatic hydroxyl groups is 1. The molecule has 5 atom stereocenters. The second-order valence-corrected chi connectivity index (χ2v) is 4.45. The van der Waals surface area contributed by atoms with Gasteiger partial charge < -0.3 is 14.6 Å². The van der Waals surface area contributed by atoms with E-state index in [1.54, 1.807) is 0 Å². The highest BCUT2D eigenvalue weighted by Crippen LogP contribution is 2.33. The van der Waals surface area contributed by atoms with Gasteiger partial charge in [0.2, 0.25) is 0 Å². The second-order valence-electron chi connectivity index (χ2n) is 4.45. The quantitative estimate of drug-likeness (QED) is 0.704. The van der Waals surface area contributed by atoms with Gasteiger partial charge in [-0.15, -0.1) is 0 Å². The maximum atomic E-state index is 10.7. The largest absolute Gasteiger partial charge is 0.463 e. The smallest absolute Gasteiger partial charge is 0.302 e. The van der Waals surface area contributed by atoms with Gasteiger partial charge in [-0.25, -0.2) is 0 Å². The minimum Gasteiger partial charge on any atom is -0.463 e. The Hall–Kier alpha value is -0.610. The van der Waals surface area contributed by atoms with Crippen molar-refractivity contribution in [3.05, 3.63) is 0 Å². The van der Waals surface area contributed by atoms with E-state index < -0.39 is 6.29 Å². The fourth-order valence-electron chi connectivity index (χ4n) is 1.89. The molecule has 88 valence electrons. The van der Waals surface area contributed by atoms with Crippen LogP contribution in [0, 0.1) is 17.8 Å². The number of rotatable bonds is 2. The summed E-state index contributed by atoms with van der Waals surface area (Å²) in [6, 6.07) is 0. The van der Waals surface area contributed by atoms with Gasteiger partial charge in [-0.05, 0) is 11.8 Å². The van der Waals surface area contributed by atoms with Crippen molar-refractivity contribution >= 4 is 5.97 Å². The van der Waals surface area contributed by atoms with Crippen LogP contribution in [-0.2, 0) is 14.3 Å². The summed E-state index contributed by atoms with van der Waals surface area (Å²) in [5.74, 6) is 0.442. The molecule has 0 radical (unpaired) electrons. The molecule has 4 nitrogen and oxygen atoms in total. The molecular weight excluding hydrogens is 196 g/mol. The zero-order chi connectivity index (χ0) is 11.6. The molecule has 0 bridgehead atoms. The second kappa shape index (κ2) is 4.94. The Morgan fingerprint density at radius 3 is 2.40 bits per heavy atom. The zero-order valence-electron chi connectivity index (χ0n) is 9.77. The van der Waals surface area contributed by atoms with Crippen LogP contribution in [0.4, 0.5) is 0 Å². The number of carbonyl (C=O) groups is 1. The summed E-state index contributed by atoms with van der Waals surface area (Å²) in [5, 5.41) is 9.64. The van der Waals surface area contributed by atoms with E-state index in [-0.39, 0.29) is 30.5 Å². The summed E-state index contributed by atoms with van der Waals surface area (Å²) in [6.45, 7) is 7.71. The van der Waals surface area contributed by atoms with E-state index in [4.69, 9.17) is 9.47 Å². The Kier molecular flexibility index (Phi) is 4.11. The predicted octanol–water partition coefficient (Wildman–Crippen LogP) is 1.17. The molecule has 1 aliphatic rings. The third kappa shape index (κ3) is 2.92. The number of aliphatic hydroxyl groups excluding tert-OH is 1. The van der Waals surface area contributed by atoms with E-state index in [9.17, 15) is 9.90 Å². The molecule has 1 N–H and O–H groups in total. The van der Waals surface area contributed by atoms with Gasteiger partial charge in [-0.1, -0.05) is 20.8 Å². The van der Waals surface area contributed by atoms with Crippen molar-refractivity contribution in [3.63, 3.8) is 0 Å². The first-order valence-electron chi connectivity index (χ1n) is 5.40. The van der Waals surface area contributed by atoms with Gasteiger partial charge in [0.1, 0.15) is 6.61 Å². The first-order chi connectivity index (χ1) is 6.93. The molecule has 1 rings (SSSR count). The molecule has 3 unspecified atom stereocenters. The van der Waals surface area contributed by atoms with E-state index in [2.05, 4.69) is 13.8 Å². The molecule has 0 amide bonds. The highest BCUT2D eigenvalue weighted by atomic mass is 16.6. The van der Waals surface area contributed by atoms with Crippen molar-refractivity contribution < 1.29 is 19.4 Å². The SMILES string of the molecule is CC(=O)OCC1OC(O)C(C)[C@@H](C)[C@H]1C. The van der Waals surface area contributed by atoms with Gasteiger partial charge >= 0.3 is 5.97 Å². The summed E-state index contributed by atoms with van der Waals surface area (Å²) in [6.07, 6.45) is -0.952. The molecule has 0 saturated carbocycles. The van der Waals surface area contributed by atoms with Crippen LogP contribution in [0.5, 0.6) is 0 Å². The predicted molar refractivity (Wildman–Crippen MR) is 55.0 cm³/mol. The van der Waals surface area contributed by atoms with E-state index >= 15 is 0 Å². The summed E-state index contributed by atoms with van der Waals surface area (Å²) in [5.41, 5.74) is 0. The number of carbonyl (C=O) groups excluding carboxylic acids is 1. The zero-order valence-corrected chi connectivity index (χ0v) is 9.77. The van der Waals surface area contributed by atoms with Crippen LogP contribution in [-0.4, -0.2) is 30.1 Å². The topological polar surface area (TPSA) is 55.8 Å². The molecule has 0 aliphatic carbocycles. The Morgan fingerprint density at radius 2 is 1.87 bits per heavy atom. The van der Waals surface area contributed by atoms with E-state index in [1.165, 1.54) is 6.92 Å². The Balaban J connectivity index is 2.54. The normalized spacial score (nSPS) is 41.3. The minimum absolute atomic E-state index is 0.119. The number of hydrogen-bond acceptors (Lipinski definition) is 4. The van der Waals surface area contributed by atoms with Gasteiger partial charge in [0.05, 0.1) is 6.10 Å². The maximum Gasteiger partial charge on any atom is 0.302 e. The average Bonchev–Trinajstić information content (AvgIpc) is 2.18. The highest BCUT2D eigenvalue weighted by molar-refractivity contribution is 5.65. The lowest BCUT2D eigenvalue weighted by atomic mass is 9.79. The van der Waals surface area contributed by atoms with E-state index in [0.29, 0.717) is 5.92 Å². The van der Waals surface area contributed by atoms with Crippen LogP contribution in [0.25, 0.3) is 0 Å². The van der Waals surface area contributed by atoms with Crippen LogP contribution in [0.3, 0.4) is 0 Å². The Labute approximate surface area is 90.6 Å².